The number of amides is 1. The van der Waals surface area contributed by atoms with Crippen LogP contribution in [0, 0.1) is 18.8 Å². The number of aromatic nitrogens is 6. The lowest BCUT2D eigenvalue weighted by atomic mass is 9.50. The summed E-state index contributed by atoms with van der Waals surface area (Å²) in [6, 6.07) is 0. The zero-order valence-electron chi connectivity index (χ0n) is 15.4. The van der Waals surface area contributed by atoms with Gasteiger partial charge in [-0.15, -0.1) is 10.2 Å². The maximum atomic E-state index is 12.4. The number of anilines is 1. The zero-order valence-corrected chi connectivity index (χ0v) is 15.4. The van der Waals surface area contributed by atoms with Crippen molar-refractivity contribution in [2.75, 3.05) is 11.9 Å². The third-order valence-corrected chi connectivity index (χ3v) is 6.42. The van der Waals surface area contributed by atoms with Gasteiger partial charge in [0, 0.05) is 17.9 Å². The van der Waals surface area contributed by atoms with Crippen molar-refractivity contribution in [1.82, 2.24) is 35.5 Å². The molecule has 4 aliphatic rings. The van der Waals surface area contributed by atoms with Crippen molar-refractivity contribution < 1.29 is 4.79 Å². The molecule has 6 rings (SSSR count). The van der Waals surface area contributed by atoms with Gasteiger partial charge in [0.15, 0.2) is 11.6 Å². The third-order valence-electron chi connectivity index (χ3n) is 6.42. The first-order chi connectivity index (χ1) is 13.0. The number of carbonyl (C=O) groups excluding carboxylic acids is 1. The van der Waals surface area contributed by atoms with Crippen LogP contribution in [0.5, 0.6) is 0 Å². The molecule has 2 atom stereocenters. The van der Waals surface area contributed by atoms with Gasteiger partial charge >= 0.3 is 0 Å². The molecule has 0 spiro atoms. The van der Waals surface area contributed by atoms with Crippen LogP contribution in [-0.2, 0) is 10.3 Å². The van der Waals surface area contributed by atoms with Crippen molar-refractivity contribution >= 4 is 11.7 Å². The molecule has 4 fully saturated rings. The summed E-state index contributed by atoms with van der Waals surface area (Å²) >= 11 is 0. The number of rotatable bonds is 5. The van der Waals surface area contributed by atoms with E-state index in [1.165, 1.54) is 6.42 Å². The van der Waals surface area contributed by atoms with Crippen LogP contribution in [0.3, 0.4) is 0 Å². The lowest BCUT2D eigenvalue weighted by Crippen LogP contribution is -2.65. The van der Waals surface area contributed by atoms with Crippen molar-refractivity contribution in [1.29, 1.82) is 0 Å². The van der Waals surface area contributed by atoms with Gasteiger partial charge in [-0.25, -0.2) is 4.98 Å². The van der Waals surface area contributed by atoms with E-state index in [9.17, 15) is 4.79 Å². The number of carbonyl (C=O) groups is 1. The van der Waals surface area contributed by atoms with Crippen LogP contribution in [0.1, 0.15) is 44.3 Å². The van der Waals surface area contributed by atoms with Crippen LogP contribution >= 0.6 is 0 Å². The summed E-state index contributed by atoms with van der Waals surface area (Å²) in [5.41, 5.74) is -0.0783. The molecule has 0 radical (unpaired) electrons. The Kier molecular flexibility index (Phi) is 3.75. The van der Waals surface area contributed by atoms with Crippen LogP contribution < -0.4 is 10.6 Å². The molecule has 27 heavy (non-hydrogen) atoms. The van der Waals surface area contributed by atoms with E-state index in [2.05, 4.69) is 36.0 Å². The summed E-state index contributed by atoms with van der Waals surface area (Å²) in [4.78, 5) is 22.3. The largest absolute Gasteiger partial charge is 0.308 e. The summed E-state index contributed by atoms with van der Waals surface area (Å²) in [7, 11) is 0. The van der Waals surface area contributed by atoms with Crippen molar-refractivity contribution in [3.63, 3.8) is 0 Å². The number of hydrogen-bond donors (Lipinski definition) is 2. The minimum atomic E-state index is -0.0879. The van der Waals surface area contributed by atoms with Crippen LogP contribution in [0.25, 0.3) is 0 Å². The summed E-state index contributed by atoms with van der Waals surface area (Å²) in [5, 5.41) is 19.4. The predicted molar refractivity (Wildman–Crippen MR) is 96.6 cm³/mol. The highest BCUT2D eigenvalue weighted by Gasteiger charge is 2.59. The first-order valence-electron chi connectivity index (χ1n) is 9.62. The maximum Gasteiger partial charge on any atom is 0.239 e. The average Bonchev–Trinajstić information content (AvgIpc) is 3.07. The number of aryl methyl sites for hydroxylation is 1. The van der Waals surface area contributed by atoms with E-state index in [-0.39, 0.29) is 23.5 Å². The topological polar surface area (TPSA) is 111 Å². The van der Waals surface area contributed by atoms with Crippen LogP contribution in [-0.4, -0.2) is 48.2 Å². The molecule has 0 saturated heterocycles. The Bertz CT molecular complexity index is 836. The van der Waals surface area contributed by atoms with E-state index in [4.69, 9.17) is 0 Å². The van der Waals surface area contributed by atoms with E-state index < -0.39 is 0 Å². The lowest BCUT2D eigenvalue weighted by molar-refractivity contribution is -0.118. The number of nitrogens with one attached hydrogen (secondary N) is 2. The van der Waals surface area contributed by atoms with Gasteiger partial charge in [-0.3, -0.25) is 9.78 Å². The molecule has 2 aromatic heterocycles. The highest BCUT2D eigenvalue weighted by Crippen LogP contribution is 2.60. The molecule has 2 heterocycles. The third kappa shape index (κ3) is 2.99. The summed E-state index contributed by atoms with van der Waals surface area (Å²) in [6.07, 6.45) is 11.4. The normalized spacial score (nSPS) is 34.0. The molecule has 1 amide bonds. The molecular weight excluding hydrogens is 344 g/mol. The fourth-order valence-corrected chi connectivity index (χ4v) is 5.96. The summed E-state index contributed by atoms with van der Waals surface area (Å²) in [6.45, 7) is 2.16. The van der Waals surface area contributed by atoms with E-state index in [0.29, 0.717) is 17.7 Å². The zero-order chi connectivity index (χ0) is 18.5. The first kappa shape index (κ1) is 16.7. The molecule has 0 aliphatic heterocycles. The quantitative estimate of drug-likeness (QED) is 0.811. The second kappa shape index (κ2) is 6.05. The smallest absolute Gasteiger partial charge is 0.239 e. The van der Waals surface area contributed by atoms with Gasteiger partial charge in [-0.05, 0) is 62.5 Å². The fourth-order valence-electron chi connectivity index (χ4n) is 5.96. The Morgan fingerprint density at radius 1 is 1.26 bits per heavy atom. The van der Waals surface area contributed by atoms with E-state index in [0.717, 1.165) is 37.9 Å². The second-order valence-electron chi connectivity index (χ2n) is 8.58. The van der Waals surface area contributed by atoms with Crippen LogP contribution in [0.4, 0.5) is 5.82 Å². The summed E-state index contributed by atoms with van der Waals surface area (Å²) < 4.78 is 0. The van der Waals surface area contributed by atoms with Gasteiger partial charge in [-0.2, -0.15) is 4.80 Å². The van der Waals surface area contributed by atoms with E-state index in [1.807, 2.05) is 11.7 Å². The fraction of sp³-hybridized carbons (Fsp3) is 0.667. The van der Waals surface area contributed by atoms with Gasteiger partial charge in [0.2, 0.25) is 5.91 Å². The Morgan fingerprint density at radius 3 is 2.74 bits per heavy atom. The Labute approximate surface area is 157 Å². The Balaban J connectivity index is 1.31. The molecular formula is C18H24N8O. The molecule has 0 aromatic carbocycles. The number of tetrazole rings is 1. The molecule has 2 aromatic rings. The first-order valence-corrected chi connectivity index (χ1v) is 9.62. The van der Waals surface area contributed by atoms with E-state index in [1.54, 1.807) is 18.6 Å². The van der Waals surface area contributed by atoms with Gasteiger partial charge in [0.1, 0.15) is 0 Å². The minimum Gasteiger partial charge on any atom is -0.308 e. The molecule has 0 unspecified atom stereocenters. The lowest BCUT2D eigenvalue weighted by Gasteiger charge is -2.61. The van der Waals surface area contributed by atoms with Crippen LogP contribution in [0.15, 0.2) is 18.6 Å². The molecule has 2 N–H and O–H groups in total. The molecule has 142 valence electrons. The van der Waals surface area contributed by atoms with E-state index >= 15 is 0 Å². The van der Waals surface area contributed by atoms with Crippen molar-refractivity contribution in [3.05, 3.63) is 24.4 Å². The van der Waals surface area contributed by atoms with Crippen molar-refractivity contribution in [2.45, 2.75) is 56.5 Å². The predicted octanol–water partition coefficient (Wildman–Crippen LogP) is 1.05. The number of nitrogens with zero attached hydrogens (tertiary/aromatic N) is 6. The average molecular weight is 368 g/mol. The molecule has 4 saturated carbocycles. The summed E-state index contributed by atoms with van der Waals surface area (Å²) in [5.74, 6) is 2.43. The van der Waals surface area contributed by atoms with Crippen molar-refractivity contribution in [2.24, 2.45) is 11.8 Å². The van der Waals surface area contributed by atoms with Gasteiger partial charge in [-0.1, -0.05) is 0 Å². The molecule has 9 heteroatoms. The van der Waals surface area contributed by atoms with Gasteiger partial charge < -0.3 is 10.6 Å². The van der Waals surface area contributed by atoms with Gasteiger partial charge in [0.05, 0.1) is 18.3 Å². The van der Waals surface area contributed by atoms with Crippen molar-refractivity contribution in [3.8, 4) is 0 Å². The maximum absolute atomic E-state index is 12.4. The Hall–Kier alpha value is -2.42. The molecule has 9 nitrogen and oxygen atoms in total. The van der Waals surface area contributed by atoms with Gasteiger partial charge in [0.25, 0.3) is 0 Å². The SMILES string of the molecule is Cc1nnn(C23C[C@@H]4C[C@H](CC(NCC(=O)Nc5cnccn5)(C4)C2)C3)n1. The highest BCUT2D eigenvalue weighted by atomic mass is 16.2. The molecule has 4 bridgehead atoms. The monoisotopic (exact) mass is 368 g/mol. The molecule has 4 aliphatic carbocycles. The minimum absolute atomic E-state index is 0.0225. The van der Waals surface area contributed by atoms with Crippen LogP contribution in [0.2, 0.25) is 0 Å². The second-order valence-corrected chi connectivity index (χ2v) is 8.58. The Morgan fingerprint density at radius 2 is 2.07 bits per heavy atom. The standard InChI is InChI=1S/C18H24N8O/c1-12-23-25-26(24-12)18-7-13-4-14(8-18)6-17(5-13,11-18)21-10-16(27)22-15-9-19-2-3-20-15/h2-3,9,13-14,21H,4-8,10-11H2,1H3,(H,20,22,27)/t13-,14-,17?,18?/m1/s1. The number of hydrogen-bond acceptors (Lipinski definition) is 7. The highest BCUT2D eigenvalue weighted by molar-refractivity contribution is 5.91.